The zero-order chi connectivity index (χ0) is 18.5. The molecule has 3 aromatic rings. The van der Waals surface area contributed by atoms with E-state index in [9.17, 15) is 4.79 Å². The molecule has 5 heteroatoms. The molecule has 0 radical (unpaired) electrons. The van der Waals surface area contributed by atoms with Crippen LogP contribution in [0.2, 0.25) is 0 Å². The number of rotatable bonds is 5. The van der Waals surface area contributed by atoms with E-state index in [1.807, 2.05) is 61.5 Å². The van der Waals surface area contributed by atoms with Gasteiger partial charge in [0.15, 0.2) is 0 Å². The highest BCUT2D eigenvalue weighted by molar-refractivity contribution is 6.03. The fraction of sp³-hybridized carbons (Fsp3) is 0.190. The van der Waals surface area contributed by atoms with Crippen molar-refractivity contribution in [2.45, 2.75) is 26.7 Å². The summed E-state index contributed by atoms with van der Waals surface area (Å²) in [5.74, 6) is 0.465. The van der Waals surface area contributed by atoms with Gasteiger partial charge in [0.1, 0.15) is 5.69 Å². The zero-order valence-corrected chi connectivity index (χ0v) is 15.2. The number of hydrogen-bond acceptors (Lipinski definition) is 4. The van der Waals surface area contributed by atoms with Gasteiger partial charge in [0, 0.05) is 17.1 Å². The highest BCUT2D eigenvalue weighted by Gasteiger charge is 2.14. The lowest BCUT2D eigenvalue weighted by atomic mass is 10.0. The molecule has 0 saturated heterocycles. The maximum absolute atomic E-state index is 12.7. The molecule has 0 bridgehead atoms. The average molecular weight is 346 g/mol. The van der Waals surface area contributed by atoms with E-state index >= 15 is 0 Å². The van der Waals surface area contributed by atoms with Crippen molar-refractivity contribution in [1.29, 1.82) is 0 Å². The van der Waals surface area contributed by atoms with E-state index in [0.717, 1.165) is 22.6 Å². The number of para-hydroxylation sites is 2. The molecule has 0 aliphatic carbocycles. The van der Waals surface area contributed by atoms with Crippen molar-refractivity contribution < 1.29 is 4.79 Å². The third kappa shape index (κ3) is 4.25. The summed E-state index contributed by atoms with van der Waals surface area (Å²) in [7, 11) is 0. The van der Waals surface area contributed by atoms with Gasteiger partial charge in [0.25, 0.3) is 5.91 Å². The second-order valence-corrected chi connectivity index (χ2v) is 6.41. The lowest BCUT2D eigenvalue weighted by Crippen LogP contribution is -2.16. The van der Waals surface area contributed by atoms with E-state index in [1.54, 1.807) is 6.07 Å². The minimum atomic E-state index is -0.250. The van der Waals surface area contributed by atoms with Crippen molar-refractivity contribution >= 4 is 23.2 Å². The first-order valence-corrected chi connectivity index (χ1v) is 8.61. The lowest BCUT2D eigenvalue weighted by Gasteiger charge is -2.14. The fourth-order valence-corrected chi connectivity index (χ4v) is 2.69. The van der Waals surface area contributed by atoms with Crippen LogP contribution in [0.1, 0.15) is 41.5 Å². The van der Waals surface area contributed by atoms with Crippen molar-refractivity contribution in [1.82, 2.24) is 9.97 Å². The predicted molar refractivity (Wildman–Crippen MR) is 105 cm³/mol. The molecule has 0 unspecified atom stereocenters. The quantitative estimate of drug-likeness (QED) is 0.689. The van der Waals surface area contributed by atoms with Crippen molar-refractivity contribution in [2.24, 2.45) is 0 Å². The van der Waals surface area contributed by atoms with Crippen LogP contribution in [0, 0.1) is 6.92 Å². The second-order valence-electron chi connectivity index (χ2n) is 6.41. The number of amides is 1. The number of nitrogens with zero attached hydrogens (tertiary/aromatic N) is 2. The Bertz CT molecular complexity index is 907. The van der Waals surface area contributed by atoms with Gasteiger partial charge >= 0.3 is 0 Å². The van der Waals surface area contributed by atoms with Crippen molar-refractivity contribution in [3.8, 4) is 0 Å². The van der Waals surface area contributed by atoms with Crippen LogP contribution in [0.15, 0.2) is 60.7 Å². The van der Waals surface area contributed by atoms with Crippen LogP contribution in [0.5, 0.6) is 0 Å². The van der Waals surface area contributed by atoms with Gasteiger partial charge in [-0.3, -0.25) is 4.79 Å². The predicted octanol–water partition coefficient (Wildman–Crippen LogP) is 4.90. The SMILES string of the molecule is Cc1cc(C(=O)Nc2ccccc2C(C)C)nc(Nc2ccccc2)n1. The number of nitrogens with one attached hydrogen (secondary N) is 2. The molecule has 2 N–H and O–H groups in total. The van der Waals surface area contributed by atoms with Crippen LogP contribution in [-0.4, -0.2) is 15.9 Å². The summed E-state index contributed by atoms with van der Waals surface area (Å²) in [4.78, 5) is 21.4. The first kappa shape index (κ1) is 17.6. The van der Waals surface area contributed by atoms with Crippen LogP contribution < -0.4 is 10.6 Å². The molecule has 5 nitrogen and oxygen atoms in total. The summed E-state index contributed by atoms with van der Waals surface area (Å²) >= 11 is 0. The Kier molecular flexibility index (Phi) is 5.27. The molecule has 132 valence electrons. The molecule has 26 heavy (non-hydrogen) atoms. The molecule has 0 aliphatic rings. The number of carbonyl (C=O) groups is 1. The van der Waals surface area contributed by atoms with Gasteiger partial charge in [-0.2, -0.15) is 0 Å². The molecular weight excluding hydrogens is 324 g/mol. The molecule has 2 aromatic carbocycles. The van der Waals surface area contributed by atoms with E-state index in [1.165, 1.54) is 0 Å². The Hall–Kier alpha value is -3.21. The molecule has 1 heterocycles. The third-order valence-electron chi connectivity index (χ3n) is 3.95. The standard InChI is InChI=1S/C21H22N4O/c1-14(2)17-11-7-8-12-18(17)24-20(26)19-13-15(3)22-21(25-19)23-16-9-5-4-6-10-16/h4-14H,1-3H3,(H,24,26)(H,22,23,25). The monoisotopic (exact) mass is 346 g/mol. The van der Waals surface area contributed by atoms with Gasteiger partial charge in [0.2, 0.25) is 5.95 Å². The fourth-order valence-electron chi connectivity index (χ4n) is 2.69. The van der Waals surface area contributed by atoms with Gasteiger partial charge in [-0.25, -0.2) is 9.97 Å². The molecule has 0 atom stereocenters. The highest BCUT2D eigenvalue weighted by Crippen LogP contribution is 2.24. The topological polar surface area (TPSA) is 66.9 Å². The van der Waals surface area contributed by atoms with Gasteiger partial charge in [-0.05, 0) is 42.7 Å². The maximum atomic E-state index is 12.7. The van der Waals surface area contributed by atoms with Crippen LogP contribution in [0.25, 0.3) is 0 Å². The van der Waals surface area contributed by atoms with Crippen LogP contribution in [0.3, 0.4) is 0 Å². The summed E-state index contributed by atoms with van der Waals surface area (Å²) in [6, 6.07) is 19.1. The maximum Gasteiger partial charge on any atom is 0.274 e. The normalized spacial score (nSPS) is 10.6. The van der Waals surface area contributed by atoms with Crippen molar-refractivity contribution in [2.75, 3.05) is 10.6 Å². The molecule has 1 aromatic heterocycles. The number of anilines is 3. The molecule has 0 spiro atoms. The lowest BCUT2D eigenvalue weighted by molar-refractivity contribution is 0.102. The van der Waals surface area contributed by atoms with Crippen LogP contribution >= 0.6 is 0 Å². The summed E-state index contributed by atoms with van der Waals surface area (Å²) in [6.07, 6.45) is 0. The number of aromatic nitrogens is 2. The first-order valence-electron chi connectivity index (χ1n) is 8.61. The van der Waals surface area contributed by atoms with Crippen molar-refractivity contribution in [3.63, 3.8) is 0 Å². The highest BCUT2D eigenvalue weighted by atomic mass is 16.1. The van der Waals surface area contributed by atoms with E-state index in [4.69, 9.17) is 0 Å². The molecule has 1 amide bonds. The summed E-state index contributed by atoms with van der Waals surface area (Å²) < 4.78 is 0. The number of hydrogen-bond donors (Lipinski definition) is 2. The first-order chi connectivity index (χ1) is 12.5. The minimum absolute atomic E-state index is 0.250. The summed E-state index contributed by atoms with van der Waals surface area (Å²) in [6.45, 7) is 6.04. The second kappa shape index (κ2) is 7.78. The van der Waals surface area contributed by atoms with Gasteiger partial charge in [-0.1, -0.05) is 50.2 Å². The van der Waals surface area contributed by atoms with Gasteiger partial charge in [-0.15, -0.1) is 0 Å². The Morgan fingerprint density at radius 2 is 1.65 bits per heavy atom. The number of aryl methyl sites for hydroxylation is 1. The van der Waals surface area contributed by atoms with E-state index < -0.39 is 0 Å². The molecule has 3 rings (SSSR count). The van der Waals surface area contributed by atoms with Gasteiger partial charge < -0.3 is 10.6 Å². The average Bonchev–Trinajstić information content (AvgIpc) is 2.62. The summed E-state index contributed by atoms with van der Waals surface area (Å²) in [5.41, 5.74) is 3.82. The smallest absolute Gasteiger partial charge is 0.274 e. The van der Waals surface area contributed by atoms with Gasteiger partial charge in [0.05, 0.1) is 0 Å². The zero-order valence-electron chi connectivity index (χ0n) is 15.2. The minimum Gasteiger partial charge on any atom is -0.324 e. The molecule has 0 fully saturated rings. The van der Waals surface area contributed by atoms with E-state index in [0.29, 0.717) is 17.6 Å². The Labute approximate surface area is 153 Å². The third-order valence-corrected chi connectivity index (χ3v) is 3.95. The largest absolute Gasteiger partial charge is 0.324 e. The Morgan fingerprint density at radius 3 is 2.38 bits per heavy atom. The molecule has 0 aliphatic heterocycles. The van der Waals surface area contributed by atoms with Crippen LogP contribution in [0.4, 0.5) is 17.3 Å². The van der Waals surface area contributed by atoms with E-state index in [2.05, 4.69) is 34.4 Å². The molecule has 0 saturated carbocycles. The number of benzene rings is 2. The Balaban J connectivity index is 1.84. The summed E-state index contributed by atoms with van der Waals surface area (Å²) in [5, 5.41) is 6.10. The van der Waals surface area contributed by atoms with Crippen LogP contribution in [-0.2, 0) is 0 Å². The Morgan fingerprint density at radius 1 is 0.962 bits per heavy atom. The molecular formula is C21H22N4O. The van der Waals surface area contributed by atoms with Crippen molar-refractivity contribution in [3.05, 3.63) is 77.6 Å². The van der Waals surface area contributed by atoms with E-state index in [-0.39, 0.29) is 5.91 Å². The number of carbonyl (C=O) groups excluding carboxylic acids is 1.